The fraction of sp³-hybridized carbons (Fsp3) is 0.381. The van der Waals surface area contributed by atoms with E-state index in [9.17, 15) is 4.79 Å². The molecule has 2 aromatic heterocycles. The summed E-state index contributed by atoms with van der Waals surface area (Å²) in [4.78, 5) is 21.2. The van der Waals surface area contributed by atoms with Crippen molar-refractivity contribution < 1.29 is 14.3 Å². The van der Waals surface area contributed by atoms with E-state index in [0.29, 0.717) is 36.0 Å². The first-order chi connectivity index (χ1) is 14.7. The first-order valence-corrected chi connectivity index (χ1v) is 9.93. The number of amides is 1. The molecule has 0 atom stereocenters. The van der Waals surface area contributed by atoms with E-state index in [1.165, 1.54) is 0 Å². The Labute approximate surface area is 175 Å². The highest BCUT2D eigenvalue weighted by Gasteiger charge is 2.24. The van der Waals surface area contributed by atoms with Gasteiger partial charge in [-0.3, -0.25) is 14.8 Å². The third-order valence-corrected chi connectivity index (χ3v) is 5.38. The van der Waals surface area contributed by atoms with Crippen molar-refractivity contribution >= 4 is 5.91 Å². The van der Waals surface area contributed by atoms with Gasteiger partial charge in [0.05, 0.1) is 26.2 Å². The van der Waals surface area contributed by atoms with Crippen LogP contribution in [-0.4, -0.2) is 82.4 Å². The Hall–Kier alpha value is -3.33. The zero-order valence-corrected chi connectivity index (χ0v) is 17.2. The average molecular weight is 410 g/mol. The second-order valence-electron chi connectivity index (χ2n) is 7.17. The number of ether oxygens (including phenoxy) is 2. The van der Waals surface area contributed by atoms with E-state index in [-0.39, 0.29) is 5.91 Å². The van der Waals surface area contributed by atoms with Crippen molar-refractivity contribution in [3.63, 3.8) is 0 Å². The van der Waals surface area contributed by atoms with Crippen LogP contribution < -0.4 is 9.47 Å². The number of hydrogen-bond acceptors (Lipinski definition) is 6. The largest absolute Gasteiger partial charge is 0.497 e. The molecule has 3 heterocycles. The van der Waals surface area contributed by atoms with Crippen molar-refractivity contribution in [3.8, 4) is 22.8 Å². The number of piperazine rings is 1. The summed E-state index contributed by atoms with van der Waals surface area (Å²) in [5.41, 5.74) is 1.89. The monoisotopic (exact) mass is 410 g/mol. The van der Waals surface area contributed by atoms with Crippen LogP contribution in [0, 0.1) is 0 Å². The van der Waals surface area contributed by atoms with Gasteiger partial charge in [-0.25, -0.2) is 4.98 Å². The molecule has 1 saturated heterocycles. The number of imidazole rings is 1. The van der Waals surface area contributed by atoms with Crippen LogP contribution in [-0.2, 0) is 6.54 Å². The topological polar surface area (TPSA) is 88.5 Å². The van der Waals surface area contributed by atoms with Gasteiger partial charge in [-0.2, -0.15) is 5.10 Å². The molecule has 0 saturated carbocycles. The number of carbonyl (C=O) groups is 1. The Kier molecular flexibility index (Phi) is 5.99. The first-order valence-electron chi connectivity index (χ1n) is 9.93. The molecule has 1 aromatic carbocycles. The van der Waals surface area contributed by atoms with Gasteiger partial charge in [-0.1, -0.05) is 0 Å². The van der Waals surface area contributed by atoms with Crippen LogP contribution in [0.15, 0.2) is 43.0 Å². The molecule has 158 valence electrons. The number of hydrogen-bond donors (Lipinski definition) is 1. The fourth-order valence-corrected chi connectivity index (χ4v) is 3.60. The lowest BCUT2D eigenvalue weighted by Crippen LogP contribution is -2.49. The van der Waals surface area contributed by atoms with Crippen LogP contribution in [0.3, 0.4) is 0 Å². The molecule has 1 aliphatic heterocycles. The smallest absolute Gasteiger partial charge is 0.271 e. The van der Waals surface area contributed by atoms with Crippen LogP contribution in [0.5, 0.6) is 11.5 Å². The maximum absolute atomic E-state index is 12.9. The minimum Gasteiger partial charge on any atom is -0.497 e. The molecule has 0 radical (unpaired) electrons. The molecule has 9 heteroatoms. The fourth-order valence-electron chi connectivity index (χ4n) is 3.60. The number of methoxy groups -OCH3 is 2. The summed E-state index contributed by atoms with van der Waals surface area (Å²) in [5, 5.41) is 7.22. The number of aromatic amines is 1. The van der Waals surface area contributed by atoms with E-state index in [1.54, 1.807) is 26.5 Å². The maximum Gasteiger partial charge on any atom is 0.271 e. The highest BCUT2D eigenvalue weighted by molar-refractivity contribution is 5.93. The van der Waals surface area contributed by atoms with Crippen molar-refractivity contribution in [3.05, 3.63) is 48.7 Å². The standard InChI is InChI=1S/C21H26N6O3/c1-29-16-3-4-20(30-2)17(13-16)18-14-19(24-23-18)21(28)27-11-9-25(10-12-27)7-8-26-6-5-22-15-26/h3-6,13-15H,7-12H2,1-2H3,(H,23,24). The highest BCUT2D eigenvalue weighted by atomic mass is 16.5. The maximum atomic E-state index is 12.9. The minimum absolute atomic E-state index is 0.0372. The Balaban J connectivity index is 1.38. The predicted molar refractivity (Wildman–Crippen MR) is 112 cm³/mol. The van der Waals surface area contributed by atoms with Gasteiger partial charge in [-0.05, 0) is 24.3 Å². The van der Waals surface area contributed by atoms with Crippen molar-refractivity contribution in [1.82, 2.24) is 29.5 Å². The number of H-pyrrole nitrogens is 1. The Morgan fingerprint density at radius 2 is 1.93 bits per heavy atom. The van der Waals surface area contributed by atoms with E-state index < -0.39 is 0 Å². The molecule has 1 amide bonds. The predicted octanol–water partition coefficient (Wildman–Crippen LogP) is 1.75. The van der Waals surface area contributed by atoms with Crippen molar-refractivity contribution in [1.29, 1.82) is 0 Å². The molecule has 1 fully saturated rings. The molecule has 0 aliphatic carbocycles. The zero-order valence-electron chi connectivity index (χ0n) is 17.2. The minimum atomic E-state index is -0.0372. The number of nitrogens with one attached hydrogen (secondary N) is 1. The number of aromatic nitrogens is 4. The van der Waals surface area contributed by atoms with Gasteiger partial charge in [0.15, 0.2) is 0 Å². The number of nitrogens with zero attached hydrogens (tertiary/aromatic N) is 5. The van der Waals surface area contributed by atoms with Crippen molar-refractivity contribution in [2.45, 2.75) is 6.54 Å². The number of carbonyl (C=O) groups excluding carboxylic acids is 1. The summed E-state index contributed by atoms with van der Waals surface area (Å²) in [7, 11) is 3.22. The molecule has 3 aromatic rings. The number of benzene rings is 1. The average Bonchev–Trinajstić information content (AvgIpc) is 3.49. The Morgan fingerprint density at radius 3 is 2.63 bits per heavy atom. The molecule has 0 unspecified atom stereocenters. The van der Waals surface area contributed by atoms with E-state index in [2.05, 4.69) is 24.6 Å². The molecule has 1 N–H and O–H groups in total. The van der Waals surface area contributed by atoms with E-state index in [4.69, 9.17) is 9.47 Å². The second kappa shape index (κ2) is 9.00. The summed E-state index contributed by atoms with van der Waals surface area (Å²) in [6, 6.07) is 7.27. The molecule has 30 heavy (non-hydrogen) atoms. The van der Waals surface area contributed by atoms with Gasteiger partial charge in [-0.15, -0.1) is 0 Å². The molecule has 1 aliphatic rings. The third-order valence-electron chi connectivity index (χ3n) is 5.38. The molecular formula is C21H26N6O3. The van der Waals surface area contributed by atoms with E-state index in [1.807, 2.05) is 35.6 Å². The molecular weight excluding hydrogens is 384 g/mol. The molecule has 4 rings (SSSR count). The number of rotatable bonds is 7. The van der Waals surface area contributed by atoms with Crippen LogP contribution in [0.2, 0.25) is 0 Å². The molecule has 0 bridgehead atoms. The summed E-state index contributed by atoms with van der Waals surface area (Å²) < 4.78 is 12.8. The van der Waals surface area contributed by atoms with Crippen LogP contribution in [0.25, 0.3) is 11.3 Å². The van der Waals surface area contributed by atoms with Crippen molar-refractivity contribution in [2.24, 2.45) is 0 Å². The third kappa shape index (κ3) is 4.30. The normalized spacial score (nSPS) is 14.7. The van der Waals surface area contributed by atoms with Gasteiger partial charge < -0.3 is 18.9 Å². The van der Waals surface area contributed by atoms with Crippen molar-refractivity contribution in [2.75, 3.05) is 46.9 Å². The van der Waals surface area contributed by atoms with E-state index in [0.717, 1.165) is 31.7 Å². The summed E-state index contributed by atoms with van der Waals surface area (Å²) >= 11 is 0. The lowest BCUT2D eigenvalue weighted by molar-refractivity contribution is 0.0627. The van der Waals surface area contributed by atoms with Gasteiger partial charge in [0.2, 0.25) is 0 Å². The van der Waals surface area contributed by atoms with E-state index >= 15 is 0 Å². The zero-order chi connectivity index (χ0) is 20.9. The van der Waals surface area contributed by atoms with Gasteiger partial charge in [0.1, 0.15) is 17.2 Å². The van der Waals surface area contributed by atoms with Crippen LogP contribution >= 0.6 is 0 Å². The lowest BCUT2D eigenvalue weighted by Gasteiger charge is -2.34. The molecule has 9 nitrogen and oxygen atoms in total. The Morgan fingerprint density at radius 1 is 1.10 bits per heavy atom. The lowest BCUT2D eigenvalue weighted by atomic mass is 10.1. The van der Waals surface area contributed by atoms with Gasteiger partial charge in [0, 0.05) is 57.2 Å². The molecule has 0 spiro atoms. The highest BCUT2D eigenvalue weighted by Crippen LogP contribution is 2.32. The van der Waals surface area contributed by atoms with Crippen LogP contribution in [0.1, 0.15) is 10.5 Å². The first kappa shape index (κ1) is 20.0. The van der Waals surface area contributed by atoms with Crippen LogP contribution in [0.4, 0.5) is 0 Å². The van der Waals surface area contributed by atoms with Gasteiger partial charge >= 0.3 is 0 Å². The SMILES string of the molecule is COc1ccc(OC)c(-c2cc(C(=O)N3CCN(CCn4ccnc4)CC3)[nH]n2)c1. The summed E-state index contributed by atoms with van der Waals surface area (Å²) in [5.74, 6) is 1.34. The summed E-state index contributed by atoms with van der Waals surface area (Å²) in [6.07, 6.45) is 5.58. The van der Waals surface area contributed by atoms with Gasteiger partial charge in [0.25, 0.3) is 5.91 Å². The summed E-state index contributed by atoms with van der Waals surface area (Å²) in [6.45, 7) is 4.94. The quantitative estimate of drug-likeness (QED) is 0.638. The second-order valence-corrected chi connectivity index (χ2v) is 7.17. The Bertz CT molecular complexity index is 977.